The number of rotatable bonds is 2. The third-order valence-electron chi connectivity index (χ3n) is 4.84. The number of halogens is 2. The number of likely N-dealkylation sites (N-methyl/N-ethyl adjacent to an activating group) is 1. The summed E-state index contributed by atoms with van der Waals surface area (Å²) < 4.78 is 0. The number of thioether (sulfide) groups is 1. The lowest BCUT2D eigenvalue weighted by Gasteiger charge is -2.35. The smallest absolute Gasteiger partial charge is 0.257 e. The zero-order chi connectivity index (χ0) is 21.5. The molecule has 2 aromatic carbocycles. The molecule has 2 heterocycles. The van der Waals surface area contributed by atoms with Crippen LogP contribution in [-0.2, 0) is 4.79 Å². The van der Waals surface area contributed by atoms with Crippen LogP contribution in [0.4, 0.5) is 5.69 Å². The summed E-state index contributed by atoms with van der Waals surface area (Å²) in [5.41, 5.74) is 1.99. The predicted molar refractivity (Wildman–Crippen MR) is 128 cm³/mol. The third kappa shape index (κ3) is 6.32. The molecule has 2 aliphatic rings. The van der Waals surface area contributed by atoms with E-state index in [1.165, 1.54) is 0 Å². The van der Waals surface area contributed by atoms with E-state index in [0.717, 1.165) is 43.2 Å². The van der Waals surface area contributed by atoms with Crippen LogP contribution in [0.1, 0.15) is 5.56 Å². The molecule has 30 heavy (non-hydrogen) atoms. The number of benzene rings is 2. The molecule has 2 saturated heterocycles. The summed E-state index contributed by atoms with van der Waals surface area (Å²) in [5.74, 6) is 1.09. The highest BCUT2D eigenvalue weighted by molar-refractivity contribution is 8.04. The quantitative estimate of drug-likeness (QED) is 0.645. The summed E-state index contributed by atoms with van der Waals surface area (Å²) in [6.07, 6.45) is 1.90. The minimum absolute atomic E-state index is 0.0241. The van der Waals surface area contributed by atoms with Crippen LogP contribution in [-0.4, -0.2) is 61.4 Å². The van der Waals surface area contributed by atoms with E-state index in [4.69, 9.17) is 23.2 Å². The Balaban J connectivity index is 0.000000269. The Hall–Kier alpha value is -1.86. The van der Waals surface area contributed by atoms with E-state index in [9.17, 15) is 9.90 Å². The van der Waals surface area contributed by atoms with Gasteiger partial charge in [0, 0.05) is 49.7 Å². The van der Waals surface area contributed by atoms with Gasteiger partial charge >= 0.3 is 0 Å². The van der Waals surface area contributed by atoms with E-state index in [-0.39, 0.29) is 11.7 Å². The van der Waals surface area contributed by atoms with E-state index < -0.39 is 0 Å². The Kier molecular flexibility index (Phi) is 8.33. The van der Waals surface area contributed by atoms with Crippen LogP contribution < -0.4 is 10.2 Å². The van der Waals surface area contributed by atoms with Gasteiger partial charge in [0.05, 0.1) is 15.0 Å². The van der Waals surface area contributed by atoms with Crippen molar-refractivity contribution in [1.82, 2.24) is 10.2 Å². The van der Waals surface area contributed by atoms with Crippen molar-refractivity contribution in [3.8, 4) is 5.75 Å². The van der Waals surface area contributed by atoms with E-state index in [1.54, 1.807) is 36.0 Å². The van der Waals surface area contributed by atoms with Crippen molar-refractivity contribution in [1.29, 1.82) is 0 Å². The molecule has 2 aliphatic heterocycles. The number of amides is 1. The fraction of sp³-hybridized carbons (Fsp3) is 0.318. The van der Waals surface area contributed by atoms with Crippen LogP contribution in [0.2, 0.25) is 10.0 Å². The molecule has 0 saturated carbocycles. The molecule has 0 aliphatic carbocycles. The molecule has 5 nitrogen and oxygen atoms in total. The number of hydrogen-bond donors (Lipinski definition) is 2. The highest BCUT2D eigenvalue weighted by Crippen LogP contribution is 2.31. The van der Waals surface area contributed by atoms with Crippen LogP contribution in [0.15, 0.2) is 47.4 Å². The molecule has 4 rings (SSSR count). The molecule has 0 aromatic heterocycles. The Morgan fingerprint density at radius 1 is 1.07 bits per heavy atom. The molecule has 0 bridgehead atoms. The monoisotopic (exact) mass is 465 g/mol. The lowest BCUT2D eigenvalue weighted by Crippen LogP contribution is -2.44. The SMILES string of the molecule is CN1CCN(c2ccc(O)cc2/C=C2\SCCNC2=O)CC1.Clc1ccccc1Cl. The third-order valence-corrected chi connectivity index (χ3v) is 6.61. The Labute approximate surface area is 191 Å². The van der Waals surface area contributed by atoms with Crippen molar-refractivity contribution in [3.63, 3.8) is 0 Å². The van der Waals surface area contributed by atoms with Crippen molar-refractivity contribution >= 4 is 52.6 Å². The van der Waals surface area contributed by atoms with Crippen LogP contribution in [0.5, 0.6) is 5.75 Å². The Bertz CT molecular complexity index is 894. The molecule has 0 spiro atoms. The van der Waals surface area contributed by atoms with Gasteiger partial charge in [-0.3, -0.25) is 4.79 Å². The first-order valence-electron chi connectivity index (χ1n) is 9.73. The van der Waals surface area contributed by atoms with Crippen molar-refractivity contribution < 1.29 is 9.90 Å². The first kappa shape index (κ1) is 22.8. The molecule has 160 valence electrons. The summed E-state index contributed by atoms with van der Waals surface area (Å²) >= 11 is 12.7. The van der Waals surface area contributed by atoms with Gasteiger partial charge in [0.2, 0.25) is 0 Å². The zero-order valence-electron chi connectivity index (χ0n) is 16.8. The average Bonchev–Trinajstić information content (AvgIpc) is 2.73. The number of phenols is 1. The van der Waals surface area contributed by atoms with E-state index in [1.807, 2.05) is 24.3 Å². The lowest BCUT2D eigenvalue weighted by atomic mass is 10.1. The van der Waals surface area contributed by atoms with Crippen molar-refractivity contribution in [2.24, 2.45) is 0 Å². The van der Waals surface area contributed by atoms with Crippen molar-refractivity contribution in [2.45, 2.75) is 0 Å². The number of carbonyl (C=O) groups excluding carboxylic acids is 1. The van der Waals surface area contributed by atoms with Gasteiger partial charge in [-0.2, -0.15) is 0 Å². The van der Waals surface area contributed by atoms with E-state index >= 15 is 0 Å². The molecule has 0 unspecified atom stereocenters. The highest BCUT2D eigenvalue weighted by atomic mass is 35.5. The Morgan fingerprint density at radius 3 is 2.33 bits per heavy atom. The van der Waals surface area contributed by atoms with Gasteiger partial charge < -0.3 is 20.2 Å². The van der Waals surface area contributed by atoms with Crippen molar-refractivity contribution in [2.75, 3.05) is 50.4 Å². The number of aromatic hydroxyl groups is 1. The second kappa shape index (κ2) is 11.0. The summed E-state index contributed by atoms with van der Waals surface area (Å²) in [5, 5.41) is 13.9. The number of piperazine rings is 1. The number of phenolic OH excluding ortho intramolecular Hbond substituents is 1. The van der Waals surface area contributed by atoms with Crippen LogP contribution in [0.3, 0.4) is 0 Å². The predicted octanol–water partition coefficient (Wildman–Crippen LogP) is 4.34. The molecule has 2 aromatic rings. The lowest BCUT2D eigenvalue weighted by molar-refractivity contribution is -0.116. The van der Waals surface area contributed by atoms with Gasteiger partial charge in [0.1, 0.15) is 5.75 Å². The minimum atomic E-state index is -0.0241. The largest absolute Gasteiger partial charge is 0.508 e. The van der Waals surface area contributed by atoms with Crippen LogP contribution in [0.25, 0.3) is 6.08 Å². The molecular weight excluding hydrogens is 441 g/mol. The first-order valence-corrected chi connectivity index (χ1v) is 11.5. The van der Waals surface area contributed by atoms with E-state index in [2.05, 4.69) is 22.2 Å². The van der Waals surface area contributed by atoms with E-state index in [0.29, 0.717) is 21.5 Å². The summed E-state index contributed by atoms with van der Waals surface area (Å²) in [7, 11) is 2.13. The van der Waals surface area contributed by atoms with Crippen molar-refractivity contribution in [3.05, 3.63) is 63.0 Å². The second-order valence-corrected chi connectivity index (χ2v) is 9.01. The summed E-state index contributed by atoms with van der Waals surface area (Å²) in [6, 6.07) is 12.6. The minimum Gasteiger partial charge on any atom is -0.508 e. The fourth-order valence-corrected chi connectivity index (χ4v) is 4.27. The average molecular weight is 466 g/mol. The molecule has 0 radical (unpaired) electrons. The molecule has 2 N–H and O–H groups in total. The first-order chi connectivity index (χ1) is 14.4. The van der Waals surface area contributed by atoms with Gasteiger partial charge in [0.25, 0.3) is 5.91 Å². The number of nitrogens with one attached hydrogen (secondary N) is 1. The number of anilines is 1. The molecular formula is C22H25Cl2N3O2S. The normalized spacial score (nSPS) is 18.6. The topological polar surface area (TPSA) is 55.8 Å². The maximum atomic E-state index is 11.9. The molecule has 0 atom stereocenters. The molecule has 1 amide bonds. The van der Waals surface area contributed by atoms with Gasteiger partial charge in [-0.05, 0) is 43.5 Å². The standard InChI is InChI=1S/C16H21N3O2S.C6H4Cl2/c1-18-5-7-19(8-6-18)14-3-2-13(20)10-12(14)11-15-16(21)17-4-9-22-15;7-5-3-1-2-4-6(5)8/h2-3,10-11,20H,4-9H2,1H3,(H,17,21);1-4H/b15-11-;. The summed E-state index contributed by atoms with van der Waals surface area (Å²) in [4.78, 5) is 17.3. The number of carbonyl (C=O) groups is 1. The second-order valence-electron chi connectivity index (χ2n) is 7.06. The van der Waals surface area contributed by atoms with Crippen LogP contribution >= 0.6 is 35.0 Å². The highest BCUT2D eigenvalue weighted by Gasteiger charge is 2.19. The van der Waals surface area contributed by atoms with Gasteiger partial charge in [0.15, 0.2) is 0 Å². The molecule has 8 heteroatoms. The van der Waals surface area contributed by atoms with Gasteiger partial charge in [-0.25, -0.2) is 0 Å². The number of nitrogens with zero attached hydrogens (tertiary/aromatic N) is 2. The van der Waals surface area contributed by atoms with Gasteiger partial charge in [-0.1, -0.05) is 35.3 Å². The van der Waals surface area contributed by atoms with Crippen LogP contribution in [0, 0.1) is 0 Å². The van der Waals surface area contributed by atoms with Gasteiger partial charge in [-0.15, -0.1) is 11.8 Å². The number of hydrogen-bond acceptors (Lipinski definition) is 5. The zero-order valence-corrected chi connectivity index (χ0v) is 19.1. The fourth-order valence-electron chi connectivity index (χ4n) is 3.16. The maximum absolute atomic E-state index is 11.9. The molecule has 2 fully saturated rings. The Morgan fingerprint density at radius 2 is 1.73 bits per heavy atom. The maximum Gasteiger partial charge on any atom is 0.257 e. The summed E-state index contributed by atoms with van der Waals surface area (Å²) in [6.45, 7) is 4.66.